The molecule has 0 bridgehead atoms. The summed E-state index contributed by atoms with van der Waals surface area (Å²) in [4.78, 5) is 20.6. The minimum absolute atomic E-state index is 0.0536. The Labute approximate surface area is 155 Å². The molecule has 1 amide bonds. The highest BCUT2D eigenvalue weighted by Gasteiger charge is 2.22. The number of ether oxygens (including phenoxy) is 1. The summed E-state index contributed by atoms with van der Waals surface area (Å²) in [6, 6.07) is 0.432. The Morgan fingerprint density at radius 1 is 1.50 bits per heavy atom. The van der Waals surface area contributed by atoms with E-state index in [0.717, 1.165) is 37.5 Å². The van der Waals surface area contributed by atoms with Crippen LogP contribution in [0.1, 0.15) is 44.8 Å². The number of hydrogen-bond acceptors (Lipinski definition) is 5. The van der Waals surface area contributed by atoms with E-state index in [-0.39, 0.29) is 18.0 Å². The molecule has 1 aliphatic rings. The van der Waals surface area contributed by atoms with E-state index < -0.39 is 0 Å². The Morgan fingerprint density at radius 2 is 2.31 bits per heavy atom. The van der Waals surface area contributed by atoms with Gasteiger partial charge in [0.25, 0.3) is 0 Å². The fraction of sp³-hybridized carbons (Fsp3) is 0.765. The van der Waals surface area contributed by atoms with Gasteiger partial charge in [0.2, 0.25) is 5.91 Å². The van der Waals surface area contributed by atoms with Gasteiger partial charge in [0.15, 0.2) is 11.8 Å². The Kier molecular flexibility index (Phi) is 7.83. The van der Waals surface area contributed by atoms with Crippen LogP contribution in [0.5, 0.6) is 0 Å². The van der Waals surface area contributed by atoms with Crippen molar-refractivity contribution in [3.63, 3.8) is 0 Å². The normalized spacial score (nSPS) is 18.2. The van der Waals surface area contributed by atoms with Gasteiger partial charge in [0.05, 0.1) is 6.54 Å². The van der Waals surface area contributed by atoms with Crippen molar-refractivity contribution in [3.05, 3.63) is 11.6 Å². The van der Waals surface area contributed by atoms with E-state index in [2.05, 4.69) is 37.9 Å². The number of aryl methyl sites for hydroxylation is 1. The van der Waals surface area contributed by atoms with Gasteiger partial charge in [-0.25, -0.2) is 9.67 Å². The first-order chi connectivity index (χ1) is 12.5. The van der Waals surface area contributed by atoms with Crippen LogP contribution in [0.3, 0.4) is 0 Å². The summed E-state index contributed by atoms with van der Waals surface area (Å²) in [5.74, 6) is 2.47. The highest BCUT2D eigenvalue weighted by molar-refractivity contribution is 5.81. The predicted octanol–water partition coefficient (Wildman–Crippen LogP) is 0.209. The number of carbonyl (C=O) groups excluding carboxylic acids is 1. The van der Waals surface area contributed by atoms with Crippen molar-refractivity contribution in [2.24, 2.45) is 4.99 Å². The number of hydrogen-bond donors (Lipinski definition) is 3. The van der Waals surface area contributed by atoms with Gasteiger partial charge in [0.1, 0.15) is 12.4 Å². The third-order valence-electron chi connectivity index (χ3n) is 4.40. The Balaban J connectivity index is 1.77. The second-order valence-corrected chi connectivity index (χ2v) is 6.57. The van der Waals surface area contributed by atoms with Gasteiger partial charge in [-0.2, -0.15) is 5.10 Å². The zero-order valence-corrected chi connectivity index (χ0v) is 16.2. The van der Waals surface area contributed by atoms with Crippen molar-refractivity contribution in [1.82, 2.24) is 30.7 Å². The number of methoxy groups -OCH3 is 1. The van der Waals surface area contributed by atoms with Gasteiger partial charge < -0.3 is 20.7 Å². The molecule has 1 aromatic heterocycles. The summed E-state index contributed by atoms with van der Waals surface area (Å²) in [6.45, 7) is 5.77. The molecule has 1 aliphatic heterocycles. The molecule has 1 aromatic rings. The van der Waals surface area contributed by atoms with Crippen molar-refractivity contribution >= 4 is 11.9 Å². The van der Waals surface area contributed by atoms with Crippen LogP contribution in [0.2, 0.25) is 0 Å². The van der Waals surface area contributed by atoms with Crippen LogP contribution in [-0.4, -0.2) is 59.4 Å². The Hall–Kier alpha value is -2.16. The quantitative estimate of drug-likeness (QED) is 0.449. The van der Waals surface area contributed by atoms with Crippen molar-refractivity contribution < 1.29 is 9.53 Å². The molecule has 9 nitrogen and oxygen atoms in total. The smallest absolute Gasteiger partial charge is 0.221 e. The Bertz CT molecular complexity index is 614. The molecule has 26 heavy (non-hydrogen) atoms. The molecule has 0 saturated heterocycles. The molecule has 0 saturated carbocycles. The molecule has 2 unspecified atom stereocenters. The molecule has 0 radical (unpaired) electrons. The number of rotatable bonds is 8. The first kappa shape index (κ1) is 20.2. The molecule has 0 aliphatic carbocycles. The monoisotopic (exact) mass is 365 g/mol. The van der Waals surface area contributed by atoms with Crippen molar-refractivity contribution in [2.75, 3.05) is 20.7 Å². The van der Waals surface area contributed by atoms with Crippen LogP contribution >= 0.6 is 0 Å². The van der Waals surface area contributed by atoms with Crippen LogP contribution in [0.25, 0.3) is 0 Å². The van der Waals surface area contributed by atoms with E-state index in [0.29, 0.717) is 25.5 Å². The van der Waals surface area contributed by atoms with Gasteiger partial charge in [-0.15, -0.1) is 0 Å². The van der Waals surface area contributed by atoms with E-state index in [1.807, 2.05) is 11.6 Å². The fourth-order valence-corrected chi connectivity index (χ4v) is 2.80. The van der Waals surface area contributed by atoms with Gasteiger partial charge in [-0.05, 0) is 19.8 Å². The summed E-state index contributed by atoms with van der Waals surface area (Å²) in [6.07, 6.45) is 3.17. The number of nitrogens with zero attached hydrogens (tertiary/aromatic N) is 4. The van der Waals surface area contributed by atoms with Gasteiger partial charge >= 0.3 is 0 Å². The van der Waals surface area contributed by atoms with Crippen LogP contribution in [0, 0.1) is 0 Å². The third kappa shape index (κ3) is 5.98. The fourth-order valence-electron chi connectivity index (χ4n) is 2.80. The summed E-state index contributed by atoms with van der Waals surface area (Å²) in [5, 5.41) is 14.0. The zero-order valence-electron chi connectivity index (χ0n) is 16.2. The molecule has 2 rings (SSSR count). The molecule has 0 aromatic carbocycles. The van der Waals surface area contributed by atoms with E-state index in [9.17, 15) is 4.79 Å². The molecule has 9 heteroatoms. The minimum Gasteiger partial charge on any atom is -0.377 e. The third-order valence-corrected chi connectivity index (χ3v) is 4.40. The molecule has 3 N–H and O–H groups in total. The molecule has 2 atom stereocenters. The molecular weight excluding hydrogens is 334 g/mol. The standard InChI is InChI=1S/C17H31N7O2/c1-5-12(2)20-16(25)8-9-19-17(18-3)21-13-6-7-15-22-14(11-26-4)23-24(15)10-13/h12-13H,5-11H2,1-4H3,(H,20,25)(H2,18,19,21). The van der Waals surface area contributed by atoms with Crippen molar-refractivity contribution in [3.8, 4) is 0 Å². The van der Waals surface area contributed by atoms with Crippen LogP contribution in [0.15, 0.2) is 4.99 Å². The highest BCUT2D eigenvalue weighted by atomic mass is 16.5. The van der Waals surface area contributed by atoms with Gasteiger partial charge in [-0.3, -0.25) is 9.79 Å². The maximum Gasteiger partial charge on any atom is 0.221 e. The first-order valence-electron chi connectivity index (χ1n) is 9.23. The van der Waals surface area contributed by atoms with Crippen molar-refractivity contribution in [2.45, 2.75) is 64.8 Å². The van der Waals surface area contributed by atoms with E-state index in [1.165, 1.54) is 0 Å². The van der Waals surface area contributed by atoms with Crippen molar-refractivity contribution in [1.29, 1.82) is 0 Å². The lowest BCUT2D eigenvalue weighted by molar-refractivity contribution is -0.121. The first-order valence-corrected chi connectivity index (χ1v) is 9.23. The molecular formula is C17H31N7O2. The van der Waals surface area contributed by atoms with E-state index >= 15 is 0 Å². The lowest BCUT2D eigenvalue weighted by Gasteiger charge is -2.25. The second kappa shape index (κ2) is 10.1. The SMILES string of the molecule is CCC(C)NC(=O)CCNC(=NC)NC1CCc2nc(COC)nn2C1. The predicted molar refractivity (Wildman–Crippen MR) is 99.9 cm³/mol. The largest absolute Gasteiger partial charge is 0.377 e. The molecule has 0 fully saturated rings. The highest BCUT2D eigenvalue weighted by Crippen LogP contribution is 2.13. The average Bonchev–Trinajstić information content (AvgIpc) is 3.02. The van der Waals surface area contributed by atoms with Crippen LogP contribution in [0.4, 0.5) is 0 Å². The Morgan fingerprint density at radius 3 is 3.00 bits per heavy atom. The number of aliphatic imine (C=N–C) groups is 1. The molecule has 146 valence electrons. The van der Waals surface area contributed by atoms with Gasteiger partial charge in [0, 0.05) is 45.6 Å². The molecule has 0 spiro atoms. The van der Waals surface area contributed by atoms with Crippen LogP contribution < -0.4 is 16.0 Å². The topological polar surface area (TPSA) is 105 Å². The van der Waals surface area contributed by atoms with E-state index in [4.69, 9.17) is 4.74 Å². The number of nitrogens with one attached hydrogen (secondary N) is 3. The molecule has 2 heterocycles. The maximum absolute atomic E-state index is 11.8. The number of carbonyl (C=O) groups is 1. The summed E-state index contributed by atoms with van der Waals surface area (Å²) in [5.41, 5.74) is 0. The van der Waals surface area contributed by atoms with Gasteiger partial charge in [-0.1, -0.05) is 6.92 Å². The number of amides is 1. The lowest BCUT2D eigenvalue weighted by Crippen LogP contribution is -2.47. The summed E-state index contributed by atoms with van der Waals surface area (Å²) >= 11 is 0. The zero-order chi connectivity index (χ0) is 18.9. The number of aromatic nitrogens is 3. The number of fused-ring (bicyclic) bond motifs is 1. The lowest BCUT2D eigenvalue weighted by atomic mass is 10.1. The second-order valence-electron chi connectivity index (χ2n) is 6.57. The number of guanidine groups is 1. The summed E-state index contributed by atoms with van der Waals surface area (Å²) < 4.78 is 7.03. The summed E-state index contributed by atoms with van der Waals surface area (Å²) in [7, 11) is 3.37. The average molecular weight is 365 g/mol. The van der Waals surface area contributed by atoms with Crippen LogP contribution in [-0.2, 0) is 29.1 Å². The van der Waals surface area contributed by atoms with E-state index in [1.54, 1.807) is 14.2 Å². The maximum atomic E-state index is 11.8. The minimum atomic E-state index is 0.0536.